The Morgan fingerprint density at radius 3 is 2.20 bits per heavy atom. The molecule has 5 aromatic heterocycles. The number of hydrogen-bond acceptors (Lipinski definition) is 4. The van der Waals surface area contributed by atoms with E-state index in [1.165, 1.54) is 11.1 Å². The van der Waals surface area contributed by atoms with Crippen LogP contribution in [0.25, 0.3) is 22.0 Å². The van der Waals surface area contributed by atoms with Crippen LogP contribution in [0.2, 0.25) is 0 Å². The summed E-state index contributed by atoms with van der Waals surface area (Å²) >= 11 is 0. The normalized spacial score (nSPS) is 11.7. The van der Waals surface area contributed by atoms with Gasteiger partial charge in [-0.1, -0.05) is 27.7 Å². The maximum Gasteiger partial charge on any atom is 0.159 e. The Bertz CT molecular complexity index is 1250. The molecule has 0 atom stereocenters. The van der Waals surface area contributed by atoms with Crippen molar-refractivity contribution in [1.82, 2.24) is 19.2 Å². The maximum absolute atomic E-state index is 5.59. The van der Waals surface area contributed by atoms with Crippen LogP contribution in [0.3, 0.4) is 0 Å². The number of aryl methyl sites for hydroxylation is 2. The zero-order chi connectivity index (χ0) is 21.7. The van der Waals surface area contributed by atoms with E-state index in [9.17, 15) is 0 Å². The first-order valence-corrected chi connectivity index (χ1v) is 10.6. The third-order valence-corrected chi connectivity index (χ3v) is 4.80. The zero-order valence-corrected chi connectivity index (χ0v) is 18.6. The first-order chi connectivity index (χ1) is 14.7. The minimum Gasteiger partial charge on any atom is -0.491 e. The highest BCUT2D eigenvalue weighted by atomic mass is 16.5. The molecule has 6 heterocycles. The summed E-state index contributed by atoms with van der Waals surface area (Å²) in [6, 6.07) is 6.04. The standard InChI is InChI=1S/C10H10N2O.C10H8N2O.2C2H6/c2*1-7-6-11-12-4-2-8-3-5-13-10(8)9(7)12;2*1-2/h2,4,6H,3,5H2,1H3;2-6H,1H3;2*1-2H3. The number of furan rings is 1. The quantitative estimate of drug-likeness (QED) is 0.316. The molecule has 6 nitrogen and oxygen atoms in total. The van der Waals surface area contributed by atoms with Gasteiger partial charge in [-0.25, -0.2) is 9.03 Å². The molecule has 30 heavy (non-hydrogen) atoms. The number of aromatic nitrogens is 4. The molecular formula is C24H30N4O2. The summed E-state index contributed by atoms with van der Waals surface area (Å²) in [6.45, 7) is 12.9. The van der Waals surface area contributed by atoms with Gasteiger partial charge in [0, 0.05) is 29.8 Å². The SMILES string of the molecule is CC.CC.Cc1cnn2ccc3c(c12)OCC3.Cc1cnn2ccc3ccoc3c12. The molecule has 0 unspecified atom stereocenters. The van der Waals surface area contributed by atoms with Gasteiger partial charge in [0.15, 0.2) is 5.58 Å². The average molecular weight is 407 g/mol. The van der Waals surface area contributed by atoms with Crippen LogP contribution in [0, 0.1) is 13.8 Å². The third kappa shape index (κ3) is 3.77. The van der Waals surface area contributed by atoms with Crippen molar-refractivity contribution in [2.24, 2.45) is 0 Å². The van der Waals surface area contributed by atoms with Gasteiger partial charge in [-0.2, -0.15) is 10.2 Å². The monoisotopic (exact) mass is 406 g/mol. The van der Waals surface area contributed by atoms with Crippen LogP contribution in [0.15, 0.2) is 53.7 Å². The van der Waals surface area contributed by atoms with Gasteiger partial charge < -0.3 is 9.15 Å². The Labute approximate surface area is 177 Å². The van der Waals surface area contributed by atoms with Gasteiger partial charge in [0.25, 0.3) is 0 Å². The highest BCUT2D eigenvalue weighted by Crippen LogP contribution is 2.31. The van der Waals surface area contributed by atoms with Crippen molar-refractivity contribution in [3.63, 3.8) is 0 Å². The van der Waals surface area contributed by atoms with E-state index < -0.39 is 0 Å². The van der Waals surface area contributed by atoms with Crippen molar-refractivity contribution in [2.75, 3.05) is 6.61 Å². The van der Waals surface area contributed by atoms with E-state index in [0.29, 0.717) is 0 Å². The highest BCUT2D eigenvalue weighted by Gasteiger charge is 2.17. The lowest BCUT2D eigenvalue weighted by Gasteiger charge is -2.01. The summed E-state index contributed by atoms with van der Waals surface area (Å²) in [7, 11) is 0. The number of pyridine rings is 2. The molecule has 0 amide bonds. The Kier molecular flexibility index (Phi) is 6.77. The molecule has 0 bridgehead atoms. The smallest absolute Gasteiger partial charge is 0.159 e. The van der Waals surface area contributed by atoms with Gasteiger partial charge in [0.1, 0.15) is 16.8 Å². The van der Waals surface area contributed by atoms with Crippen molar-refractivity contribution in [1.29, 1.82) is 0 Å². The minimum absolute atomic E-state index is 0.805. The highest BCUT2D eigenvalue weighted by molar-refractivity contribution is 5.92. The molecule has 0 spiro atoms. The lowest BCUT2D eigenvalue weighted by Crippen LogP contribution is -1.90. The first kappa shape index (κ1) is 21.4. The van der Waals surface area contributed by atoms with Crippen LogP contribution < -0.4 is 4.74 Å². The van der Waals surface area contributed by atoms with Crippen molar-refractivity contribution < 1.29 is 9.15 Å². The van der Waals surface area contributed by atoms with Gasteiger partial charge in [-0.15, -0.1) is 0 Å². The molecule has 1 aliphatic heterocycles. The minimum atomic E-state index is 0.805. The Morgan fingerprint density at radius 2 is 1.47 bits per heavy atom. The summed E-state index contributed by atoms with van der Waals surface area (Å²) in [5.74, 6) is 1.03. The summed E-state index contributed by atoms with van der Waals surface area (Å²) in [5.41, 5.74) is 6.71. The molecule has 1 aliphatic rings. The van der Waals surface area contributed by atoms with Crippen molar-refractivity contribution in [3.05, 3.63) is 65.9 Å². The average Bonchev–Trinajstić information content (AvgIpc) is 3.57. The largest absolute Gasteiger partial charge is 0.491 e. The molecular weight excluding hydrogens is 376 g/mol. The van der Waals surface area contributed by atoms with E-state index in [1.807, 2.05) is 80.6 Å². The molecule has 158 valence electrons. The van der Waals surface area contributed by atoms with Crippen LogP contribution >= 0.6 is 0 Å². The molecule has 0 saturated heterocycles. The van der Waals surface area contributed by atoms with Crippen molar-refractivity contribution in [3.8, 4) is 5.75 Å². The fourth-order valence-corrected chi connectivity index (χ4v) is 3.49. The number of fused-ring (bicyclic) bond motifs is 6. The molecule has 6 rings (SSSR count). The lowest BCUT2D eigenvalue weighted by molar-refractivity contribution is 0.359. The topological polar surface area (TPSA) is 57.0 Å². The molecule has 0 radical (unpaired) electrons. The van der Waals surface area contributed by atoms with E-state index in [1.54, 1.807) is 6.26 Å². The molecule has 0 aromatic carbocycles. The predicted octanol–water partition coefficient (Wildman–Crippen LogP) is 6.02. The molecule has 0 fully saturated rings. The number of ether oxygens (including phenoxy) is 1. The van der Waals surface area contributed by atoms with Gasteiger partial charge in [-0.05, 0) is 43.2 Å². The van der Waals surface area contributed by atoms with Gasteiger partial charge >= 0.3 is 0 Å². The predicted molar refractivity (Wildman–Crippen MR) is 122 cm³/mol. The molecule has 0 saturated carbocycles. The second-order valence-corrected chi connectivity index (χ2v) is 6.53. The number of nitrogens with zero attached hydrogens (tertiary/aromatic N) is 4. The van der Waals surface area contributed by atoms with Crippen molar-refractivity contribution in [2.45, 2.75) is 48.0 Å². The van der Waals surface area contributed by atoms with E-state index in [-0.39, 0.29) is 0 Å². The van der Waals surface area contributed by atoms with Crippen LogP contribution in [0.5, 0.6) is 5.75 Å². The third-order valence-electron chi connectivity index (χ3n) is 4.80. The Hall–Kier alpha value is -3.28. The van der Waals surface area contributed by atoms with Gasteiger partial charge in [0.05, 0.1) is 25.3 Å². The molecule has 0 aliphatic carbocycles. The van der Waals surface area contributed by atoms with Crippen molar-refractivity contribution >= 4 is 22.0 Å². The molecule has 6 heteroatoms. The second-order valence-electron chi connectivity index (χ2n) is 6.53. The van der Waals surface area contributed by atoms with E-state index >= 15 is 0 Å². The fraction of sp³-hybridized carbons (Fsp3) is 0.333. The molecule has 0 N–H and O–H groups in total. The summed E-state index contributed by atoms with van der Waals surface area (Å²) in [6.07, 6.45) is 10.4. The van der Waals surface area contributed by atoms with Gasteiger partial charge in [0.2, 0.25) is 0 Å². The maximum atomic E-state index is 5.59. The lowest BCUT2D eigenvalue weighted by atomic mass is 10.2. The Morgan fingerprint density at radius 1 is 0.833 bits per heavy atom. The van der Waals surface area contributed by atoms with E-state index in [0.717, 1.165) is 46.3 Å². The fourth-order valence-electron chi connectivity index (χ4n) is 3.49. The molecule has 5 aromatic rings. The number of rotatable bonds is 0. The van der Waals surface area contributed by atoms with E-state index in [2.05, 4.69) is 23.2 Å². The van der Waals surface area contributed by atoms with Crippen LogP contribution in [0.1, 0.15) is 44.4 Å². The van der Waals surface area contributed by atoms with Crippen LogP contribution in [-0.4, -0.2) is 25.8 Å². The first-order valence-electron chi connectivity index (χ1n) is 10.6. The van der Waals surface area contributed by atoms with E-state index in [4.69, 9.17) is 9.15 Å². The summed E-state index contributed by atoms with van der Waals surface area (Å²) in [5, 5.41) is 9.56. The summed E-state index contributed by atoms with van der Waals surface area (Å²) in [4.78, 5) is 0. The summed E-state index contributed by atoms with van der Waals surface area (Å²) < 4.78 is 14.7. The van der Waals surface area contributed by atoms with Gasteiger partial charge in [-0.3, -0.25) is 0 Å². The zero-order valence-electron chi connectivity index (χ0n) is 18.6. The second kappa shape index (κ2) is 9.48. The number of hydrogen-bond donors (Lipinski definition) is 0. The van der Waals surface area contributed by atoms with Crippen LogP contribution in [0.4, 0.5) is 0 Å². The van der Waals surface area contributed by atoms with Crippen LogP contribution in [-0.2, 0) is 6.42 Å². The Balaban J connectivity index is 0.000000147.